The number of nitrogens with zero attached hydrogens (tertiary/aromatic N) is 2. The van der Waals surface area contributed by atoms with Crippen molar-refractivity contribution in [3.8, 4) is 24.1 Å². The molecule has 0 aliphatic carbocycles. The number of halogens is 3. The van der Waals surface area contributed by atoms with E-state index in [2.05, 4.69) is 24.5 Å². The summed E-state index contributed by atoms with van der Waals surface area (Å²) in [5, 5.41) is 4.26. The Morgan fingerprint density at radius 2 is 1.81 bits per heavy atom. The third-order valence-electron chi connectivity index (χ3n) is 4.56. The fourth-order valence-corrected chi connectivity index (χ4v) is 3.75. The van der Waals surface area contributed by atoms with E-state index in [0.29, 0.717) is 11.1 Å². The van der Waals surface area contributed by atoms with Gasteiger partial charge in [0.25, 0.3) is 0 Å². The Balaban J connectivity index is 0.00000156. The first-order chi connectivity index (χ1) is 16.7. The Morgan fingerprint density at radius 1 is 1.31 bits per heavy atom. The van der Waals surface area contributed by atoms with Crippen LogP contribution in [0.4, 0.5) is 13.2 Å². The Labute approximate surface area is 213 Å². The van der Waals surface area contributed by atoms with Gasteiger partial charge in [0.05, 0.1) is 11.5 Å². The van der Waals surface area contributed by atoms with Crippen molar-refractivity contribution in [2.75, 3.05) is 12.9 Å². The van der Waals surface area contributed by atoms with Gasteiger partial charge in [-0.05, 0) is 45.4 Å². The summed E-state index contributed by atoms with van der Waals surface area (Å²) in [6, 6.07) is 5.79. The molecule has 2 rings (SSSR count). The summed E-state index contributed by atoms with van der Waals surface area (Å²) in [4.78, 5) is 12.0. The summed E-state index contributed by atoms with van der Waals surface area (Å²) < 4.78 is 69.5. The average molecular weight is 545 g/mol. The number of benzene rings is 1. The molecule has 1 aromatic carbocycles. The number of esters is 1. The molecule has 0 N–H and O–H groups in total. The first-order valence-electron chi connectivity index (χ1n) is 10.6. The number of terminal acetylenes is 1. The van der Waals surface area contributed by atoms with Crippen LogP contribution in [0.15, 0.2) is 47.9 Å². The quantitative estimate of drug-likeness (QED) is 0.186. The third-order valence-corrected chi connectivity index (χ3v) is 5.96. The fraction of sp³-hybridized carbons (Fsp3) is 0.360. The Kier molecular flexibility index (Phi) is 13.4. The maximum atomic E-state index is 14.5. The van der Waals surface area contributed by atoms with E-state index >= 15 is 0 Å². The van der Waals surface area contributed by atoms with Crippen molar-refractivity contribution in [3.63, 3.8) is 0 Å². The lowest BCUT2D eigenvalue weighted by atomic mass is 9.99. The smallest absolute Gasteiger partial charge is 0.327 e. The third kappa shape index (κ3) is 9.63. The molecule has 2 unspecified atom stereocenters. The van der Waals surface area contributed by atoms with E-state index in [4.69, 9.17) is 4.74 Å². The van der Waals surface area contributed by atoms with Crippen LogP contribution >= 0.6 is 9.24 Å². The normalized spacial score (nSPS) is 12.4. The molecule has 0 aliphatic rings. The highest BCUT2D eigenvalue weighted by molar-refractivity contribution is 7.90. The first-order valence-corrected chi connectivity index (χ1v) is 13.1. The van der Waals surface area contributed by atoms with Gasteiger partial charge < -0.3 is 4.74 Å². The van der Waals surface area contributed by atoms with Gasteiger partial charge in [0.15, 0.2) is 9.84 Å². The van der Waals surface area contributed by atoms with E-state index in [9.17, 15) is 26.4 Å². The van der Waals surface area contributed by atoms with Crippen molar-refractivity contribution in [1.82, 2.24) is 9.78 Å². The number of sulfone groups is 1. The van der Waals surface area contributed by atoms with Crippen molar-refractivity contribution >= 4 is 30.6 Å². The molecule has 0 spiro atoms. The van der Waals surface area contributed by atoms with Crippen molar-refractivity contribution in [1.29, 1.82) is 0 Å². The van der Waals surface area contributed by atoms with E-state index in [0.717, 1.165) is 10.9 Å². The molecule has 2 aromatic rings. The van der Waals surface area contributed by atoms with Crippen LogP contribution in [0.2, 0.25) is 0 Å². The van der Waals surface area contributed by atoms with Gasteiger partial charge in [-0.2, -0.15) is 13.9 Å². The van der Waals surface area contributed by atoms with Gasteiger partial charge in [0.2, 0.25) is 0 Å². The molecule has 0 aliphatic heterocycles. The largest absolute Gasteiger partial charge is 0.465 e. The second kappa shape index (κ2) is 14.6. The van der Waals surface area contributed by atoms with Crippen molar-refractivity contribution in [2.24, 2.45) is 0 Å². The predicted molar refractivity (Wildman–Crippen MR) is 141 cm³/mol. The van der Waals surface area contributed by atoms with Gasteiger partial charge in [0.1, 0.15) is 24.1 Å². The van der Waals surface area contributed by atoms with Gasteiger partial charge in [-0.1, -0.05) is 33.5 Å². The average Bonchev–Trinajstić information content (AvgIpc) is 3.19. The van der Waals surface area contributed by atoms with Gasteiger partial charge in [0, 0.05) is 17.4 Å². The van der Waals surface area contributed by atoms with Crippen LogP contribution in [0.5, 0.6) is 0 Å². The van der Waals surface area contributed by atoms with Crippen LogP contribution in [0.25, 0.3) is 16.8 Å². The number of rotatable bonds is 8. The summed E-state index contributed by atoms with van der Waals surface area (Å²) >= 11 is 0. The van der Waals surface area contributed by atoms with Gasteiger partial charge >= 0.3 is 11.6 Å². The minimum atomic E-state index is -3.40. The standard InChI is InChI=1S/C19H23F2N2O4PS.C4H7F.C2H2/c1-5-12(3)16-17(13-7-9-14(10-8-13)29(4,25)26)22-23(11-15(24)27-6-2)18(16)19(20,21)28;1-3-4(2)5;1-2/h5,7-10H,6,11,28H2,1-4H3;3-4H,1H2,2H3;1-2H/b12-5+;;. The van der Waals surface area contributed by atoms with Crippen LogP contribution in [-0.2, 0) is 31.6 Å². The molecule has 1 heterocycles. The van der Waals surface area contributed by atoms with E-state index in [1.54, 1.807) is 26.8 Å². The predicted octanol–water partition coefficient (Wildman–Crippen LogP) is 5.64. The SMILES string of the molecule is C#C.C/C=C(\C)c1c(-c2ccc(S(C)(=O)=O)cc2)nn(CC(=O)OCC)c1C(F)(F)P.C=CC(C)F. The number of ether oxygens (including phenoxy) is 1. The Bertz CT molecular complexity index is 1180. The molecule has 198 valence electrons. The Hall–Kier alpha value is -2.89. The molecule has 2 atom stereocenters. The van der Waals surface area contributed by atoms with Crippen LogP contribution in [-0.4, -0.2) is 43.2 Å². The maximum absolute atomic E-state index is 14.5. The molecule has 0 bridgehead atoms. The number of carbonyl (C=O) groups excluding carboxylic acids is 1. The summed E-state index contributed by atoms with van der Waals surface area (Å²) in [6.45, 7) is 9.26. The molecule has 1 aromatic heterocycles. The van der Waals surface area contributed by atoms with Gasteiger partial charge in [-0.15, -0.1) is 19.4 Å². The lowest BCUT2D eigenvalue weighted by Gasteiger charge is -2.15. The highest BCUT2D eigenvalue weighted by atomic mass is 32.2. The summed E-state index contributed by atoms with van der Waals surface area (Å²) in [6.07, 6.45) is 11.1. The number of carbonyl (C=O) groups is 1. The second-order valence-electron chi connectivity index (χ2n) is 7.34. The van der Waals surface area contributed by atoms with Crippen molar-refractivity contribution < 1.29 is 31.1 Å². The fourth-order valence-electron chi connectivity index (χ4n) is 2.82. The van der Waals surface area contributed by atoms with Crippen LogP contribution in [0.3, 0.4) is 0 Å². The highest BCUT2D eigenvalue weighted by Crippen LogP contribution is 2.43. The number of hydrogen-bond acceptors (Lipinski definition) is 5. The molecule has 36 heavy (non-hydrogen) atoms. The van der Waals surface area contributed by atoms with E-state index in [1.165, 1.54) is 46.5 Å². The van der Waals surface area contributed by atoms with Crippen molar-refractivity contribution in [2.45, 2.75) is 51.0 Å². The molecular weight excluding hydrogens is 512 g/mol. The first kappa shape index (κ1) is 33.1. The second-order valence-corrected chi connectivity index (χ2v) is 10.1. The lowest BCUT2D eigenvalue weighted by Crippen LogP contribution is -2.20. The monoisotopic (exact) mass is 544 g/mol. The molecule has 0 radical (unpaired) electrons. The topological polar surface area (TPSA) is 78.3 Å². The Morgan fingerprint density at radius 3 is 2.17 bits per heavy atom. The van der Waals surface area contributed by atoms with Gasteiger partial charge in [-0.25, -0.2) is 12.8 Å². The summed E-state index contributed by atoms with van der Waals surface area (Å²) in [5.41, 5.74) is -2.39. The minimum absolute atomic E-state index is 0.105. The van der Waals surface area contributed by atoms with E-state index in [-0.39, 0.29) is 22.8 Å². The number of alkyl halides is 3. The maximum Gasteiger partial charge on any atom is 0.327 e. The molecule has 0 amide bonds. The van der Waals surface area contributed by atoms with Crippen LogP contribution < -0.4 is 0 Å². The molecule has 6 nitrogen and oxygen atoms in total. The van der Waals surface area contributed by atoms with Gasteiger partial charge in [-0.3, -0.25) is 9.48 Å². The number of hydrogen-bond donors (Lipinski definition) is 0. The molecule has 0 fully saturated rings. The highest BCUT2D eigenvalue weighted by Gasteiger charge is 2.36. The zero-order valence-corrected chi connectivity index (χ0v) is 22.9. The minimum Gasteiger partial charge on any atom is -0.465 e. The zero-order chi connectivity index (χ0) is 28.3. The molecule has 0 saturated carbocycles. The molecule has 0 saturated heterocycles. The van der Waals surface area contributed by atoms with E-state index in [1.807, 2.05) is 0 Å². The summed E-state index contributed by atoms with van der Waals surface area (Å²) in [5.74, 6) is -0.686. The lowest BCUT2D eigenvalue weighted by molar-refractivity contribution is -0.144. The summed E-state index contributed by atoms with van der Waals surface area (Å²) in [7, 11) is -1.93. The molecule has 11 heteroatoms. The van der Waals surface area contributed by atoms with E-state index < -0.39 is 39.9 Å². The van der Waals surface area contributed by atoms with Crippen molar-refractivity contribution in [3.05, 3.63) is 54.3 Å². The number of allylic oxidation sites excluding steroid dienone is 3. The zero-order valence-electron chi connectivity index (χ0n) is 21.0. The number of aromatic nitrogens is 2. The van der Waals surface area contributed by atoms with Crippen LogP contribution in [0, 0.1) is 12.8 Å². The molecular formula is C25H32F3N2O4PS. The van der Waals surface area contributed by atoms with Crippen LogP contribution in [0.1, 0.15) is 39.0 Å².